The van der Waals surface area contributed by atoms with Gasteiger partial charge in [0.2, 0.25) is 0 Å². The summed E-state index contributed by atoms with van der Waals surface area (Å²) in [5, 5.41) is 2.65. The molecule has 0 aliphatic carbocycles. The van der Waals surface area contributed by atoms with Gasteiger partial charge in [0.05, 0.1) is 0 Å². The Morgan fingerprint density at radius 2 is 2.33 bits per heavy atom. The van der Waals surface area contributed by atoms with Gasteiger partial charge in [-0.05, 0) is 18.6 Å². The molecule has 0 aliphatic rings. The zero-order chi connectivity index (χ0) is 10.7. The number of nitrogens with zero attached hydrogens (tertiary/aromatic N) is 2. The van der Waals surface area contributed by atoms with Crippen LogP contribution < -0.4 is 4.74 Å². The van der Waals surface area contributed by atoms with Gasteiger partial charge in [-0.3, -0.25) is 0 Å². The molecule has 2 aromatic rings. The van der Waals surface area contributed by atoms with Gasteiger partial charge >= 0.3 is 0 Å². The van der Waals surface area contributed by atoms with Gasteiger partial charge in [0.1, 0.15) is 11.6 Å². The third-order valence-corrected chi connectivity index (χ3v) is 2.51. The lowest BCUT2D eigenvalue weighted by Crippen LogP contribution is -1.99. The number of hydrogen-bond donors (Lipinski definition) is 0. The molecule has 15 heavy (non-hydrogen) atoms. The van der Waals surface area contributed by atoms with Crippen LogP contribution in [0.1, 0.15) is 10.6 Å². The predicted octanol–water partition coefficient (Wildman–Crippen LogP) is 2.56. The van der Waals surface area contributed by atoms with E-state index < -0.39 is 5.82 Å². The number of aromatic nitrogens is 2. The van der Waals surface area contributed by atoms with Gasteiger partial charge < -0.3 is 4.74 Å². The molecule has 78 valence electrons. The van der Waals surface area contributed by atoms with Crippen LogP contribution in [-0.4, -0.2) is 9.97 Å². The van der Waals surface area contributed by atoms with Crippen molar-refractivity contribution >= 4 is 11.3 Å². The lowest BCUT2D eigenvalue weighted by atomic mass is 10.3. The molecule has 0 unspecified atom stereocenters. The zero-order valence-electron chi connectivity index (χ0n) is 8.11. The van der Waals surface area contributed by atoms with Gasteiger partial charge in [-0.25, -0.2) is 14.4 Å². The molecule has 2 heterocycles. The lowest BCUT2D eigenvalue weighted by molar-refractivity contribution is 0.276. The maximum absolute atomic E-state index is 13.3. The van der Waals surface area contributed by atoms with Gasteiger partial charge in [0.25, 0.3) is 5.88 Å². The van der Waals surface area contributed by atoms with Crippen LogP contribution in [0.15, 0.2) is 23.8 Å². The van der Waals surface area contributed by atoms with Gasteiger partial charge in [-0.1, -0.05) is 0 Å². The van der Waals surface area contributed by atoms with Crippen molar-refractivity contribution in [2.45, 2.75) is 13.5 Å². The summed E-state index contributed by atoms with van der Waals surface area (Å²) >= 11 is 1.46. The predicted molar refractivity (Wildman–Crippen MR) is 55.4 cm³/mol. The Hall–Kier alpha value is -1.49. The molecule has 0 radical (unpaired) electrons. The number of aryl methyl sites for hydroxylation is 1. The third kappa shape index (κ3) is 2.50. The van der Waals surface area contributed by atoms with Crippen molar-refractivity contribution in [1.29, 1.82) is 0 Å². The maximum Gasteiger partial charge on any atom is 0.250 e. The van der Waals surface area contributed by atoms with Crippen molar-refractivity contribution in [3.05, 3.63) is 40.2 Å². The summed E-state index contributed by atoms with van der Waals surface area (Å²) in [6.07, 6.45) is 3.25. The number of rotatable bonds is 3. The summed E-state index contributed by atoms with van der Waals surface area (Å²) in [5.41, 5.74) is 0.772. The number of halogens is 1. The fourth-order valence-corrected chi connectivity index (χ4v) is 1.61. The van der Waals surface area contributed by atoms with Gasteiger partial charge in [-0.15, -0.1) is 11.3 Å². The molecule has 0 aliphatic heterocycles. The molecule has 5 heteroatoms. The molecule has 0 amide bonds. The average molecular weight is 224 g/mol. The van der Waals surface area contributed by atoms with E-state index in [-0.39, 0.29) is 12.5 Å². The lowest BCUT2D eigenvalue weighted by Gasteiger charge is -2.04. The van der Waals surface area contributed by atoms with E-state index in [1.807, 2.05) is 5.38 Å². The first-order valence-corrected chi connectivity index (χ1v) is 5.27. The minimum Gasteiger partial charge on any atom is -0.468 e. The van der Waals surface area contributed by atoms with Crippen LogP contribution in [-0.2, 0) is 6.61 Å². The van der Waals surface area contributed by atoms with E-state index in [1.165, 1.54) is 17.4 Å². The standard InChI is InChI=1S/C10H9FN2OS/c1-7-4-8(11)10(13-5-7)14-6-9-12-2-3-15-9/h2-5H,6H2,1H3. The van der Waals surface area contributed by atoms with Gasteiger partial charge in [0, 0.05) is 17.8 Å². The molecule has 0 spiro atoms. The minimum atomic E-state index is -0.438. The van der Waals surface area contributed by atoms with E-state index >= 15 is 0 Å². The Morgan fingerprint density at radius 1 is 1.47 bits per heavy atom. The number of ether oxygens (including phenoxy) is 1. The molecule has 2 rings (SSSR count). The third-order valence-electron chi connectivity index (χ3n) is 1.76. The summed E-state index contributed by atoms with van der Waals surface area (Å²) in [5.74, 6) is -0.414. The summed E-state index contributed by atoms with van der Waals surface area (Å²) in [7, 11) is 0. The zero-order valence-corrected chi connectivity index (χ0v) is 8.92. The summed E-state index contributed by atoms with van der Waals surface area (Å²) in [4.78, 5) is 7.88. The first-order valence-electron chi connectivity index (χ1n) is 4.39. The Kier molecular flexibility index (Phi) is 2.91. The molecule has 0 bridgehead atoms. The van der Waals surface area contributed by atoms with Crippen molar-refractivity contribution in [3.63, 3.8) is 0 Å². The highest BCUT2D eigenvalue weighted by atomic mass is 32.1. The van der Waals surface area contributed by atoms with Crippen molar-refractivity contribution in [2.24, 2.45) is 0 Å². The summed E-state index contributed by atoms with van der Waals surface area (Å²) < 4.78 is 18.5. The first-order chi connectivity index (χ1) is 7.25. The van der Waals surface area contributed by atoms with Crippen LogP contribution in [0, 0.1) is 12.7 Å². The van der Waals surface area contributed by atoms with Crippen LogP contribution >= 0.6 is 11.3 Å². The molecule has 0 fully saturated rings. The average Bonchev–Trinajstić information content (AvgIpc) is 2.69. The monoisotopic (exact) mass is 224 g/mol. The largest absolute Gasteiger partial charge is 0.468 e. The topological polar surface area (TPSA) is 35.0 Å². The minimum absolute atomic E-state index is 0.0239. The summed E-state index contributed by atoms with van der Waals surface area (Å²) in [6, 6.07) is 1.39. The van der Waals surface area contributed by atoms with E-state index in [4.69, 9.17) is 4.74 Å². The second kappa shape index (κ2) is 4.35. The van der Waals surface area contributed by atoms with Gasteiger partial charge in [0.15, 0.2) is 5.82 Å². The molecule has 0 N–H and O–H groups in total. The van der Waals surface area contributed by atoms with Crippen molar-refractivity contribution in [2.75, 3.05) is 0 Å². The molecule has 0 saturated carbocycles. The quantitative estimate of drug-likeness (QED) is 0.803. The van der Waals surface area contributed by atoms with E-state index in [0.29, 0.717) is 0 Å². The van der Waals surface area contributed by atoms with Crippen LogP contribution in [0.4, 0.5) is 4.39 Å². The Bertz CT molecular complexity index is 445. The number of thiazole rings is 1. The molecular formula is C10H9FN2OS. The SMILES string of the molecule is Cc1cnc(OCc2nccs2)c(F)c1. The van der Waals surface area contributed by atoms with Crippen molar-refractivity contribution in [1.82, 2.24) is 9.97 Å². The Morgan fingerprint density at radius 3 is 3.00 bits per heavy atom. The van der Waals surface area contributed by atoms with E-state index in [9.17, 15) is 4.39 Å². The van der Waals surface area contributed by atoms with Crippen molar-refractivity contribution < 1.29 is 9.13 Å². The van der Waals surface area contributed by atoms with Crippen LogP contribution in [0.3, 0.4) is 0 Å². The second-order valence-electron chi connectivity index (χ2n) is 3.01. The smallest absolute Gasteiger partial charge is 0.250 e. The maximum atomic E-state index is 13.3. The molecule has 0 aromatic carbocycles. The Balaban J connectivity index is 2.05. The van der Waals surface area contributed by atoms with Crippen LogP contribution in [0.25, 0.3) is 0 Å². The molecule has 0 saturated heterocycles. The summed E-state index contributed by atoms with van der Waals surface area (Å²) in [6.45, 7) is 2.03. The fourth-order valence-electron chi connectivity index (χ4n) is 1.08. The van der Waals surface area contributed by atoms with E-state index in [1.54, 1.807) is 19.3 Å². The van der Waals surface area contributed by atoms with E-state index in [2.05, 4.69) is 9.97 Å². The molecule has 0 atom stereocenters. The van der Waals surface area contributed by atoms with Gasteiger partial charge in [-0.2, -0.15) is 0 Å². The normalized spacial score (nSPS) is 10.3. The second-order valence-corrected chi connectivity index (χ2v) is 3.99. The molecule has 3 nitrogen and oxygen atoms in total. The Labute approximate surface area is 90.6 Å². The first kappa shape index (κ1) is 10.0. The highest BCUT2D eigenvalue weighted by Gasteiger charge is 2.05. The highest BCUT2D eigenvalue weighted by molar-refractivity contribution is 7.09. The number of hydrogen-bond acceptors (Lipinski definition) is 4. The van der Waals surface area contributed by atoms with Crippen LogP contribution in [0.2, 0.25) is 0 Å². The number of pyridine rings is 1. The molecular weight excluding hydrogens is 215 g/mol. The van der Waals surface area contributed by atoms with Crippen molar-refractivity contribution in [3.8, 4) is 5.88 Å². The highest BCUT2D eigenvalue weighted by Crippen LogP contribution is 2.16. The molecule has 2 aromatic heterocycles. The van der Waals surface area contributed by atoms with Crippen LogP contribution in [0.5, 0.6) is 5.88 Å². The fraction of sp³-hybridized carbons (Fsp3) is 0.200. The van der Waals surface area contributed by atoms with E-state index in [0.717, 1.165) is 10.6 Å².